The Morgan fingerprint density at radius 1 is 1.47 bits per heavy atom. The molecule has 0 aliphatic heterocycles. The molecule has 2 nitrogen and oxygen atoms in total. The number of hydrogen-bond acceptors (Lipinski definition) is 2. The maximum Gasteiger partial charge on any atom is 0.118 e. The van der Waals surface area contributed by atoms with Crippen molar-refractivity contribution < 1.29 is 4.74 Å². The van der Waals surface area contributed by atoms with Crippen LogP contribution in [0.2, 0.25) is 0 Å². The lowest BCUT2D eigenvalue weighted by Crippen LogP contribution is -2.22. The molecule has 0 unspecified atom stereocenters. The molecule has 2 rings (SSSR count). The number of methoxy groups -OCH3 is 1. The van der Waals surface area contributed by atoms with Gasteiger partial charge >= 0.3 is 0 Å². The van der Waals surface area contributed by atoms with E-state index in [9.17, 15) is 0 Å². The molecule has 0 amide bonds. The van der Waals surface area contributed by atoms with E-state index in [2.05, 4.69) is 12.1 Å². The van der Waals surface area contributed by atoms with E-state index in [1.807, 2.05) is 12.1 Å². The Hall–Kier alpha value is -0.730. The number of alkyl halides is 1. The lowest BCUT2D eigenvalue weighted by molar-refractivity contribution is 0.414. The van der Waals surface area contributed by atoms with Crippen molar-refractivity contribution in [3.05, 3.63) is 29.8 Å². The summed E-state index contributed by atoms with van der Waals surface area (Å²) < 4.78 is 5.13. The van der Waals surface area contributed by atoms with Crippen LogP contribution < -0.4 is 10.5 Å². The second-order valence-corrected chi connectivity index (χ2v) is 4.45. The van der Waals surface area contributed by atoms with Crippen molar-refractivity contribution in [3.8, 4) is 5.75 Å². The highest BCUT2D eigenvalue weighted by Gasteiger charge is 2.53. The van der Waals surface area contributed by atoms with Gasteiger partial charge in [0.1, 0.15) is 5.75 Å². The Morgan fingerprint density at radius 3 is 2.53 bits per heavy atom. The van der Waals surface area contributed by atoms with Gasteiger partial charge in [0.2, 0.25) is 0 Å². The average molecular weight is 226 g/mol. The molecule has 1 aromatic rings. The lowest BCUT2D eigenvalue weighted by Gasteiger charge is -2.15. The van der Waals surface area contributed by atoms with Crippen LogP contribution in [-0.2, 0) is 5.41 Å². The molecule has 0 bridgehead atoms. The van der Waals surface area contributed by atoms with Crippen LogP contribution in [0.5, 0.6) is 5.75 Å². The zero-order chi connectivity index (χ0) is 10.9. The largest absolute Gasteiger partial charge is 0.497 e. The maximum absolute atomic E-state index is 5.89. The first-order valence-electron chi connectivity index (χ1n) is 5.17. The maximum atomic E-state index is 5.89. The number of rotatable bonds is 4. The highest BCUT2D eigenvalue weighted by molar-refractivity contribution is 6.18. The van der Waals surface area contributed by atoms with Gasteiger partial charge in [0.15, 0.2) is 0 Å². The summed E-state index contributed by atoms with van der Waals surface area (Å²) in [7, 11) is 1.67. The van der Waals surface area contributed by atoms with Gasteiger partial charge in [-0.2, -0.15) is 0 Å². The molecule has 1 fully saturated rings. The van der Waals surface area contributed by atoms with Crippen molar-refractivity contribution in [2.45, 2.75) is 11.8 Å². The Morgan fingerprint density at radius 2 is 2.13 bits per heavy atom. The Bertz CT molecular complexity index is 338. The van der Waals surface area contributed by atoms with Crippen LogP contribution >= 0.6 is 11.6 Å². The molecule has 1 aliphatic carbocycles. The van der Waals surface area contributed by atoms with Gasteiger partial charge in [-0.3, -0.25) is 0 Å². The third kappa shape index (κ3) is 1.72. The van der Waals surface area contributed by atoms with Crippen LogP contribution in [-0.4, -0.2) is 19.5 Å². The van der Waals surface area contributed by atoms with Gasteiger partial charge in [-0.05, 0) is 30.0 Å². The standard InChI is InChI=1S/C12H16ClNO/c1-15-11-4-2-9(3-5-11)12(8-14)6-10(12)7-13/h2-5,10H,6-8,14H2,1H3/t10-,12-/m1/s1. The van der Waals surface area contributed by atoms with Crippen molar-refractivity contribution in [3.63, 3.8) is 0 Å². The molecule has 1 aromatic carbocycles. The molecule has 2 atom stereocenters. The van der Waals surface area contributed by atoms with Gasteiger partial charge in [0.25, 0.3) is 0 Å². The zero-order valence-corrected chi connectivity index (χ0v) is 9.63. The molecule has 1 aliphatic rings. The van der Waals surface area contributed by atoms with Gasteiger partial charge < -0.3 is 10.5 Å². The molecular formula is C12H16ClNO. The van der Waals surface area contributed by atoms with Crippen molar-refractivity contribution >= 4 is 11.6 Å². The van der Waals surface area contributed by atoms with Gasteiger partial charge in [0.05, 0.1) is 7.11 Å². The van der Waals surface area contributed by atoms with E-state index < -0.39 is 0 Å². The predicted molar refractivity (Wildman–Crippen MR) is 62.6 cm³/mol. The highest BCUT2D eigenvalue weighted by Crippen LogP contribution is 2.54. The first kappa shape index (κ1) is 10.8. The van der Waals surface area contributed by atoms with E-state index in [0.717, 1.165) is 12.2 Å². The summed E-state index contributed by atoms with van der Waals surface area (Å²) in [6.07, 6.45) is 1.11. The summed E-state index contributed by atoms with van der Waals surface area (Å²) in [4.78, 5) is 0. The van der Waals surface area contributed by atoms with Crippen LogP contribution in [0.1, 0.15) is 12.0 Å². The van der Waals surface area contributed by atoms with Crippen molar-refractivity contribution in [2.75, 3.05) is 19.5 Å². The summed E-state index contributed by atoms with van der Waals surface area (Å²) >= 11 is 5.89. The molecular weight excluding hydrogens is 210 g/mol. The minimum Gasteiger partial charge on any atom is -0.497 e. The molecule has 0 saturated heterocycles. The fourth-order valence-electron chi connectivity index (χ4n) is 2.23. The average Bonchev–Trinajstić information content (AvgIpc) is 3.04. The Labute approximate surface area is 95.4 Å². The lowest BCUT2D eigenvalue weighted by atomic mass is 9.94. The van der Waals surface area contributed by atoms with E-state index in [1.54, 1.807) is 7.11 Å². The van der Waals surface area contributed by atoms with Crippen LogP contribution in [0, 0.1) is 5.92 Å². The van der Waals surface area contributed by atoms with Crippen LogP contribution in [0.3, 0.4) is 0 Å². The first-order valence-corrected chi connectivity index (χ1v) is 5.71. The van der Waals surface area contributed by atoms with Crippen LogP contribution in [0.15, 0.2) is 24.3 Å². The van der Waals surface area contributed by atoms with E-state index in [4.69, 9.17) is 22.1 Å². The molecule has 0 spiro atoms. The number of hydrogen-bond donors (Lipinski definition) is 1. The Kier molecular flexibility index (Phi) is 2.89. The van der Waals surface area contributed by atoms with Crippen molar-refractivity contribution in [1.29, 1.82) is 0 Å². The third-order valence-corrected chi connectivity index (χ3v) is 3.82. The van der Waals surface area contributed by atoms with E-state index >= 15 is 0 Å². The number of benzene rings is 1. The number of halogens is 1. The molecule has 0 radical (unpaired) electrons. The molecule has 1 saturated carbocycles. The van der Waals surface area contributed by atoms with Crippen LogP contribution in [0.4, 0.5) is 0 Å². The molecule has 2 N–H and O–H groups in total. The molecule has 3 heteroatoms. The molecule has 82 valence electrons. The third-order valence-electron chi connectivity index (χ3n) is 3.45. The zero-order valence-electron chi connectivity index (χ0n) is 8.87. The monoisotopic (exact) mass is 225 g/mol. The predicted octanol–water partition coefficient (Wildman–Crippen LogP) is 2.15. The normalized spacial score (nSPS) is 28.9. The molecule has 0 aromatic heterocycles. The van der Waals surface area contributed by atoms with E-state index in [0.29, 0.717) is 18.3 Å². The van der Waals surface area contributed by atoms with Crippen molar-refractivity contribution in [2.24, 2.45) is 11.7 Å². The summed E-state index contributed by atoms with van der Waals surface area (Å²) in [5.74, 6) is 2.12. The number of nitrogens with two attached hydrogens (primary N) is 1. The van der Waals surface area contributed by atoms with Gasteiger partial charge in [-0.1, -0.05) is 12.1 Å². The van der Waals surface area contributed by atoms with Gasteiger partial charge in [-0.25, -0.2) is 0 Å². The summed E-state index contributed by atoms with van der Waals surface area (Å²) in [6.45, 7) is 0.677. The van der Waals surface area contributed by atoms with Crippen LogP contribution in [0.25, 0.3) is 0 Å². The topological polar surface area (TPSA) is 35.2 Å². The quantitative estimate of drug-likeness (QED) is 0.797. The second kappa shape index (κ2) is 4.03. The Balaban J connectivity index is 2.22. The SMILES string of the molecule is COc1ccc([C@]2(CN)C[C@@H]2CCl)cc1. The fourth-order valence-corrected chi connectivity index (χ4v) is 2.63. The molecule has 0 heterocycles. The smallest absolute Gasteiger partial charge is 0.118 e. The summed E-state index contributed by atoms with van der Waals surface area (Å²) in [6, 6.07) is 8.16. The van der Waals surface area contributed by atoms with Gasteiger partial charge in [-0.15, -0.1) is 11.6 Å². The van der Waals surface area contributed by atoms with Crippen molar-refractivity contribution in [1.82, 2.24) is 0 Å². The minimum absolute atomic E-state index is 0.133. The van der Waals surface area contributed by atoms with E-state index in [-0.39, 0.29) is 5.41 Å². The second-order valence-electron chi connectivity index (χ2n) is 4.14. The summed E-state index contributed by atoms with van der Waals surface area (Å²) in [5, 5.41) is 0. The summed E-state index contributed by atoms with van der Waals surface area (Å²) in [5.41, 5.74) is 7.27. The number of ether oxygens (including phenoxy) is 1. The first-order chi connectivity index (χ1) is 7.26. The minimum atomic E-state index is 0.133. The van der Waals surface area contributed by atoms with E-state index in [1.165, 1.54) is 5.56 Å². The molecule has 15 heavy (non-hydrogen) atoms. The van der Waals surface area contributed by atoms with Gasteiger partial charge in [0, 0.05) is 17.8 Å². The fraction of sp³-hybridized carbons (Fsp3) is 0.500. The highest BCUT2D eigenvalue weighted by atomic mass is 35.5.